The van der Waals surface area contributed by atoms with Crippen molar-refractivity contribution >= 4 is 44.9 Å². The Balaban J connectivity index is 1.18. The molecule has 17 heteroatoms. The van der Waals surface area contributed by atoms with Crippen LogP contribution in [0.2, 0.25) is 5.02 Å². The Kier molecular flexibility index (Phi) is 13.3. The number of allylic oxidation sites excluding steroid dienone is 1. The molecule has 2 N–H and O–H groups in total. The summed E-state index contributed by atoms with van der Waals surface area (Å²) in [5.41, 5.74) is 1.62. The monoisotopic (exact) mass is 891 g/mol. The molecular formula is C45H58ClN7O8S. The largest absolute Gasteiger partial charge is 0.491 e. The summed E-state index contributed by atoms with van der Waals surface area (Å²) in [5.74, 6) is -1.76. The fourth-order valence-corrected chi connectivity index (χ4v) is 11.5. The van der Waals surface area contributed by atoms with Crippen LogP contribution < -0.4 is 19.1 Å². The number of carbonyl (C=O) groups is 3. The number of nitrogens with zero attached hydrogens (tertiary/aromatic N) is 6. The predicted octanol–water partition coefficient (Wildman–Crippen LogP) is 5.04. The summed E-state index contributed by atoms with van der Waals surface area (Å²) in [6.07, 6.45) is 9.41. The number of amides is 3. The number of methoxy groups -OCH3 is 1. The minimum absolute atomic E-state index is 0.00515. The summed E-state index contributed by atoms with van der Waals surface area (Å²) in [7, 11) is -0.744. The number of fused-ring (bicyclic) bond motifs is 3. The number of anilines is 1. The fraction of sp³-hybridized carbons (Fsp3) is 0.556. The van der Waals surface area contributed by atoms with Crippen molar-refractivity contribution in [1.82, 2.24) is 24.3 Å². The van der Waals surface area contributed by atoms with Crippen LogP contribution in [0.15, 0.2) is 59.1 Å². The van der Waals surface area contributed by atoms with Crippen LogP contribution in [0.4, 0.5) is 5.69 Å². The molecule has 1 aromatic heterocycles. The van der Waals surface area contributed by atoms with Gasteiger partial charge in [0, 0.05) is 63.1 Å². The molecule has 0 spiro atoms. The van der Waals surface area contributed by atoms with E-state index >= 15 is 0 Å². The standard InChI is InChI=1S/C45H58ClN7O8S/c1-30-7-6-15-45(57,23-41(54)52-18-16-51(17-19-52)36-27-60-28-36)38-13-10-34(38)25-53-24-33-9-12-35(46)21-31(33)8-4-5-20-61-40-14-11-32(22-39(40)53)42(55)48-62(58,29-30)49-43(56)37-26-50(2)47-44(37)59-3/h6,9,11-12,14-15,21-22,26,30,34,36,38,57H,4-5,7-8,10,13,16-20,23-25,27-29H2,1-3H3,(H,48,49,55,56,58)/b15-6+/t30-,34-,38+,45+,62?/m0/s1. The first-order valence-corrected chi connectivity index (χ1v) is 23.8. The molecule has 0 radical (unpaired) electrons. The van der Waals surface area contributed by atoms with Crippen molar-refractivity contribution in [3.63, 3.8) is 0 Å². The molecule has 3 aromatic rings. The van der Waals surface area contributed by atoms with Crippen molar-refractivity contribution in [1.29, 1.82) is 0 Å². The van der Waals surface area contributed by atoms with Gasteiger partial charge in [-0.05, 0) is 97.7 Å². The van der Waals surface area contributed by atoms with E-state index in [-0.39, 0.29) is 52.8 Å². The number of aromatic nitrogens is 2. The molecule has 334 valence electrons. The summed E-state index contributed by atoms with van der Waals surface area (Å²) in [6.45, 7) is 7.41. The van der Waals surface area contributed by atoms with Crippen LogP contribution in [-0.2, 0) is 39.5 Å². The maximum atomic E-state index is 14.9. The van der Waals surface area contributed by atoms with Crippen LogP contribution in [0.3, 0.4) is 0 Å². The van der Waals surface area contributed by atoms with E-state index in [1.54, 1.807) is 31.3 Å². The number of aryl methyl sites for hydroxylation is 2. The van der Waals surface area contributed by atoms with Crippen LogP contribution in [0.1, 0.15) is 77.3 Å². The molecule has 3 amide bonds. The van der Waals surface area contributed by atoms with Gasteiger partial charge in [0.2, 0.25) is 11.8 Å². The van der Waals surface area contributed by atoms with Gasteiger partial charge in [0.15, 0.2) is 0 Å². The Hall–Kier alpha value is -4.48. The fourth-order valence-electron chi connectivity index (χ4n) is 9.44. The summed E-state index contributed by atoms with van der Waals surface area (Å²) in [5, 5.41) is 17.7. The van der Waals surface area contributed by atoms with Gasteiger partial charge in [-0.3, -0.25) is 28.7 Å². The number of benzene rings is 2. The lowest BCUT2D eigenvalue weighted by Crippen LogP contribution is -2.58. The highest BCUT2D eigenvalue weighted by molar-refractivity contribution is 7.92. The first-order chi connectivity index (χ1) is 29.8. The molecule has 5 atom stereocenters. The average molecular weight is 893 g/mol. The third kappa shape index (κ3) is 9.84. The Morgan fingerprint density at radius 3 is 2.61 bits per heavy atom. The van der Waals surface area contributed by atoms with Crippen LogP contribution in [0.5, 0.6) is 11.6 Å². The smallest absolute Gasteiger partial charge is 0.286 e. The molecule has 3 fully saturated rings. The van der Waals surface area contributed by atoms with Crippen LogP contribution in [0.25, 0.3) is 0 Å². The van der Waals surface area contributed by atoms with E-state index in [9.17, 15) is 23.7 Å². The molecule has 2 aromatic carbocycles. The lowest BCUT2D eigenvalue weighted by Gasteiger charge is -2.49. The molecule has 62 heavy (non-hydrogen) atoms. The quantitative estimate of drug-likeness (QED) is 0.318. The van der Waals surface area contributed by atoms with Crippen LogP contribution in [-0.4, -0.2) is 124 Å². The third-order valence-electron chi connectivity index (χ3n) is 13.1. The third-order valence-corrected chi connectivity index (χ3v) is 15.3. The average Bonchev–Trinajstić information content (AvgIpc) is 3.58. The minimum atomic E-state index is -3.76. The lowest BCUT2D eigenvalue weighted by molar-refractivity contribution is -0.143. The van der Waals surface area contributed by atoms with Gasteiger partial charge in [-0.15, -0.1) is 9.46 Å². The Morgan fingerprint density at radius 1 is 1.08 bits per heavy atom. The number of ether oxygens (including phenoxy) is 3. The number of halogens is 1. The Bertz CT molecular complexity index is 2320. The number of nitrogens with one attached hydrogen (secondary N) is 1. The lowest BCUT2D eigenvalue weighted by atomic mass is 9.63. The molecular weight excluding hydrogens is 834 g/mol. The van der Waals surface area contributed by atoms with Crippen LogP contribution in [0, 0.1) is 17.8 Å². The van der Waals surface area contributed by atoms with Gasteiger partial charge in [0.25, 0.3) is 11.8 Å². The van der Waals surface area contributed by atoms with Crippen molar-refractivity contribution in [3.8, 4) is 11.6 Å². The van der Waals surface area contributed by atoms with E-state index in [2.05, 4.69) is 24.0 Å². The zero-order chi connectivity index (χ0) is 43.6. The second-order valence-corrected chi connectivity index (χ2v) is 20.0. The molecule has 1 unspecified atom stereocenters. The molecule has 5 aliphatic rings. The first kappa shape index (κ1) is 44.1. The number of rotatable bonds is 6. The van der Waals surface area contributed by atoms with Gasteiger partial charge in [-0.1, -0.05) is 36.7 Å². The van der Waals surface area contributed by atoms with Crippen molar-refractivity contribution in [3.05, 3.63) is 82.0 Å². The highest BCUT2D eigenvalue weighted by Crippen LogP contribution is 2.47. The number of aliphatic hydroxyl groups is 1. The number of piperazine rings is 1. The summed E-state index contributed by atoms with van der Waals surface area (Å²) in [6, 6.07) is 11.5. The van der Waals surface area contributed by atoms with Crippen molar-refractivity contribution in [2.24, 2.45) is 29.2 Å². The van der Waals surface area contributed by atoms with E-state index in [1.807, 2.05) is 36.1 Å². The molecule has 1 aliphatic carbocycles. The second-order valence-electron chi connectivity index (χ2n) is 17.6. The molecule has 1 saturated carbocycles. The van der Waals surface area contributed by atoms with E-state index in [0.29, 0.717) is 61.7 Å². The molecule has 2 bridgehead atoms. The van der Waals surface area contributed by atoms with Crippen LogP contribution >= 0.6 is 11.6 Å². The number of hydrogen-bond acceptors (Lipinski definition) is 11. The van der Waals surface area contributed by atoms with Crippen molar-refractivity contribution in [2.45, 2.75) is 70.1 Å². The SMILES string of the molecule is COc1nn(C)cc1C(=O)NS1(=O)=NC(=O)c2ccc3c(c2)N(Cc2ccc(Cl)cc2CCCCO3)C[C@@H]2CC[C@H]2[C@](O)(CC(=O)N2CCN(C3COC3)CC2)/C=C/C[C@H](C)C1. The molecule has 5 heterocycles. The Morgan fingerprint density at radius 2 is 1.89 bits per heavy atom. The highest BCUT2D eigenvalue weighted by atomic mass is 35.5. The maximum absolute atomic E-state index is 14.9. The summed E-state index contributed by atoms with van der Waals surface area (Å²) >= 11 is 6.53. The summed E-state index contributed by atoms with van der Waals surface area (Å²) in [4.78, 5) is 48.6. The first-order valence-electron chi connectivity index (χ1n) is 21.8. The van der Waals surface area contributed by atoms with Gasteiger partial charge in [-0.2, -0.15) is 0 Å². The predicted molar refractivity (Wildman–Crippen MR) is 236 cm³/mol. The van der Waals surface area contributed by atoms with Gasteiger partial charge in [-0.25, -0.2) is 4.21 Å². The van der Waals surface area contributed by atoms with E-state index < -0.39 is 27.3 Å². The highest BCUT2D eigenvalue weighted by Gasteiger charge is 2.48. The molecule has 4 aliphatic heterocycles. The zero-order valence-corrected chi connectivity index (χ0v) is 37.4. The topological polar surface area (TPSA) is 168 Å². The zero-order valence-electron chi connectivity index (χ0n) is 35.8. The van der Waals surface area contributed by atoms with E-state index in [0.717, 1.165) is 69.5 Å². The second kappa shape index (κ2) is 18.7. The Labute approximate surface area is 369 Å². The minimum Gasteiger partial charge on any atom is -0.491 e. The maximum Gasteiger partial charge on any atom is 0.286 e. The normalized spacial score (nSPS) is 28.1. The van der Waals surface area contributed by atoms with Gasteiger partial charge in [0.05, 0.1) is 56.4 Å². The van der Waals surface area contributed by atoms with E-state index in [4.69, 9.17) is 25.8 Å². The van der Waals surface area contributed by atoms with Gasteiger partial charge >= 0.3 is 0 Å². The molecule has 2 saturated heterocycles. The van der Waals surface area contributed by atoms with Crippen molar-refractivity contribution < 1.29 is 37.9 Å². The summed E-state index contributed by atoms with van der Waals surface area (Å²) < 4.78 is 40.3. The molecule has 8 rings (SSSR count). The number of carbonyl (C=O) groups excluding carboxylic acids is 3. The van der Waals surface area contributed by atoms with E-state index in [1.165, 1.54) is 18.0 Å². The number of hydrogen-bond donors (Lipinski definition) is 2. The van der Waals surface area contributed by atoms with Gasteiger partial charge in [0.1, 0.15) is 21.2 Å². The molecule has 15 nitrogen and oxygen atoms in total. The van der Waals surface area contributed by atoms with Gasteiger partial charge < -0.3 is 29.1 Å². The van der Waals surface area contributed by atoms with Crippen molar-refractivity contribution in [2.75, 3.05) is 70.3 Å².